The third-order valence-electron chi connectivity index (χ3n) is 5.12. The molecule has 2 aromatic rings. The van der Waals surface area contributed by atoms with E-state index in [1.165, 1.54) is 22.3 Å². The molecule has 5 heteroatoms. The number of allylic oxidation sites excluding steroid dienone is 1. The van der Waals surface area contributed by atoms with Crippen molar-refractivity contribution in [1.82, 2.24) is 10.2 Å². The average molecular weight is 436 g/mol. The minimum absolute atomic E-state index is 0.0830. The van der Waals surface area contributed by atoms with Crippen molar-refractivity contribution >= 4 is 34.6 Å². The molecule has 0 spiro atoms. The van der Waals surface area contributed by atoms with Crippen LogP contribution in [0.4, 0.5) is 5.69 Å². The summed E-state index contributed by atoms with van der Waals surface area (Å²) in [5.41, 5.74) is 7.71. The summed E-state index contributed by atoms with van der Waals surface area (Å²) in [5.74, 6) is -0.0830. The first-order valence-corrected chi connectivity index (χ1v) is 11.3. The Hall–Kier alpha value is -2.79. The monoisotopic (exact) mass is 435 g/mol. The number of nitrogens with zero attached hydrogens (tertiary/aromatic N) is 2. The van der Waals surface area contributed by atoms with Crippen molar-refractivity contribution in [2.24, 2.45) is 4.99 Å². The first-order chi connectivity index (χ1) is 14.7. The van der Waals surface area contributed by atoms with Gasteiger partial charge < -0.3 is 10.2 Å². The number of hydrogen-bond acceptors (Lipinski definition) is 3. The molecule has 4 nitrogen and oxygen atoms in total. The second kappa shape index (κ2) is 11.6. The molecule has 164 valence electrons. The maximum absolute atomic E-state index is 11.7. The molecule has 2 aromatic carbocycles. The van der Waals surface area contributed by atoms with E-state index in [0.717, 1.165) is 29.1 Å². The summed E-state index contributed by atoms with van der Waals surface area (Å²) in [6, 6.07) is 11.9. The fraction of sp³-hybridized carbons (Fsp3) is 0.308. The van der Waals surface area contributed by atoms with Crippen LogP contribution in [0.2, 0.25) is 0 Å². The van der Waals surface area contributed by atoms with E-state index in [4.69, 9.17) is 0 Å². The van der Waals surface area contributed by atoms with Crippen LogP contribution in [0.25, 0.3) is 4.91 Å². The van der Waals surface area contributed by atoms with Crippen LogP contribution in [0, 0.1) is 13.8 Å². The molecular formula is C26H33N3OS. The van der Waals surface area contributed by atoms with Crippen LogP contribution < -0.4 is 5.32 Å². The maximum Gasteiger partial charge on any atom is 0.251 e. The number of hydrogen-bond donors (Lipinski definition) is 1. The third-order valence-corrected chi connectivity index (χ3v) is 6.16. The Kier molecular flexibility index (Phi) is 9.13. The van der Waals surface area contributed by atoms with Gasteiger partial charge in [-0.1, -0.05) is 42.1 Å². The van der Waals surface area contributed by atoms with Gasteiger partial charge in [0.25, 0.3) is 5.91 Å². The van der Waals surface area contributed by atoms with Crippen molar-refractivity contribution in [3.63, 3.8) is 0 Å². The highest BCUT2D eigenvalue weighted by atomic mass is 32.2. The van der Waals surface area contributed by atoms with E-state index in [1.54, 1.807) is 18.8 Å². The van der Waals surface area contributed by atoms with Gasteiger partial charge in [-0.2, -0.15) is 0 Å². The number of benzene rings is 2. The molecule has 31 heavy (non-hydrogen) atoms. The van der Waals surface area contributed by atoms with Crippen LogP contribution in [0.15, 0.2) is 59.0 Å². The molecule has 1 N–H and O–H groups in total. The van der Waals surface area contributed by atoms with Gasteiger partial charge in [-0.15, -0.1) is 0 Å². The van der Waals surface area contributed by atoms with Crippen LogP contribution in [0.1, 0.15) is 46.5 Å². The van der Waals surface area contributed by atoms with E-state index in [9.17, 15) is 4.79 Å². The number of carbonyl (C=O) groups excluding carboxylic acids is 1. The van der Waals surface area contributed by atoms with Crippen LogP contribution in [-0.2, 0) is 6.42 Å². The highest BCUT2D eigenvalue weighted by Gasteiger charge is 2.07. The lowest BCUT2D eigenvalue weighted by atomic mass is 9.99. The Morgan fingerprint density at radius 3 is 2.42 bits per heavy atom. The molecule has 0 unspecified atom stereocenters. The Labute approximate surface area is 191 Å². The topological polar surface area (TPSA) is 44.7 Å². The zero-order valence-corrected chi connectivity index (χ0v) is 20.3. The van der Waals surface area contributed by atoms with Crippen molar-refractivity contribution in [2.45, 2.75) is 34.1 Å². The number of aliphatic imine (C=N–C) groups is 1. The van der Waals surface area contributed by atoms with Crippen molar-refractivity contribution in [3.05, 3.63) is 81.8 Å². The summed E-state index contributed by atoms with van der Waals surface area (Å²) in [6.07, 6.45) is 2.78. The Morgan fingerprint density at radius 2 is 1.81 bits per heavy atom. The molecule has 0 atom stereocenters. The molecule has 1 amide bonds. The van der Waals surface area contributed by atoms with Gasteiger partial charge in [0.05, 0.1) is 12.0 Å². The molecule has 0 heterocycles. The number of carbonyl (C=O) groups is 1. The van der Waals surface area contributed by atoms with Crippen molar-refractivity contribution in [2.75, 3.05) is 20.6 Å². The summed E-state index contributed by atoms with van der Waals surface area (Å²) >= 11 is 1.62. The number of rotatable bonds is 9. The quantitative estimate of drug-likeness (QED) is 0.381. The molecular weight excluding hydrogens is 402 g/mol. The molecule has 0 aliphatic carbocycles. The maximum atomic E-state index is 11.7. The average Bonchev–Trinajstić information content (AvgIpc) is 2.77. The molecule has 2 rings (SSSR count). The molecule has 0 fully saturated rings. The molecule has 0 saturated carbocycles. The van der Waals surface area contributed by atoms with Crippen molar-refractivity contribution < 1.29 is 4.79 Å². The highest BCUT2D eigenvalue weighted by Crippen LogP contribution is 2.30. The van der Waals surface area contributed by atoms with E-state index in [2.05, 4.69) is 67.0 Å². The normalized spacial score (nSPS) is 11.6. The van der Waals surface area contributed by atoms with Crippen LogP contribution in [0.5, 0.6) is 0 Å². The SMILES string of the molecule is C=C(S/C=C(\C)Cc1cc(C)c(N=CN(C)CC)cc1C)c1ccc(C(=O)NC)cc1. The van der Waals surface area contributed by atoms with E-state index in [0.29, 0.717) is 5.56 Å². The third kappa shape index (κ3) is 7.14. The zero-order valence-electron chi connectivity index (χ0n) is 19.5. The summed E-state index contributed by atoms with van der Waals surface area (Å²) in [4.78, 5) is 19.3. The van der Waals surface area contributed by atoms with Gasteiger partial charge in [-0.3, -0.25) is 4.79 Å². The van der Waals surface area contributed by atoms with Gasteiger partial charge >= 0.3 is 0 Å². The Bertz CT molecular complexity index is 990. The Balaban J connectivity index is 2.04. The molecule has 0 saturated heterocycles. The summed E-state index contributed by atoms with van der Waals surface area (Å²) < 4.78 is 0. The molecule has 0 bridgehead atoms. The Morgan fingerprint density at radius 1 is 1.16 bits per heavy atom. The van der Waals surface area contributed by atoms with Gasteiger partial charge in [-0.25, -0.2) is 4.99 Å². The fourth-order valence-corrected chi connectivity index (χ4v) is 3.67. The number of nitrogens with one attached hydrogen (secondary N) is 1. The smallest absolute Gasteiger partial charge is 0.251 e. The van der Waals surface area contributed by atoms with Crippen LogP contribution in [0.3, 0.4) is 0 Å². The largest absolute Gasteiger partial charge is 0.366 e. The molecule has 0 aliphatic heterocycles. The molecule has 0 radical (unpaired) electrons. The molecule has 0 aromatic heterocycles. The van der Waals surface area contributed by atoms with Crippen LogP contribution in [-0.4, -0.2) is 37.8 Å². The summed E-state index contributed by atoms with van der Waals surface area (Å²) in [6.45, 7) is 13.6. The number of aryl methyl sites for hydroxylation is 2. The predicted molar refractivity (Wildman–Crippen MR) is 136 cm³/mol. The minimum atomic E-state index is -0.0830. The minimum Gasteiger partial charge on any atom is -0.366 e. The van der Waals surface area contributed by atoms with Crippen molar-refractivity contribution in [3.8, 4) is 0 Å². The second-order valence-corrected chi connectivity index (χ2v) is 8.69. The number of amides is 1. The highest BCUT2D eigenvalue weighted by molar-refractivity contribution is 8.10. The number of thioether (sulfide) groups is 1. The van der Waals surface area contributed by atoms with Gasteiger partial charge in [0.2, 0.25) is 0 Å². The molecule has 0 aliphatic rings. The van der Waals surface area contributed by atoms with E-state index < -0.39 is 0 Å². The first kappa shape index (κ1) is 24.5. The van der Waals surface area contributed by atoms with Gasteiger partial charge in [0.15, 0.2) is 0 Å². The van der Waals surface area contributed by atoms with E-state index >= 15 is 0 Å². The zero-order chi connectivity index (χ0) is 23.0. The van der Waals surface area contributed by atoms with Crippen LogP contribution >= 0.6 is 11.8 Å². The lowest BCUT2D eigenvalue weighted by Crippen LogP contribution is -2.17. The van der Waals surface area contributed by atoms with Gasteiger partial charge in [0.1, 0.15) is 0 Å². The fourth-order valence-electron chi connectivity index (χ4n) is 2.97. The summed E-state index contributed by atoms with van der Waals surface area (Å²) in [7, 11) is 3.66. The van der Waals surface area contributed by atoms with E-state index in [1.807, 2.05) is 37.7 Å². The van der Waals surface area contributed by atoms with Gasteiger partial charge in [-0.05, 0) is 80.0 Å². The summed E-state index contributed by atoms with van der Waals surface area (Å²) in [5, 5.41) is 4.79. The first-order valence-electron chi connectivity index (χ1n) is 10.4. The second-order valence-electron chi connectivity index (χ2n) is 7.72. The predicted octanol–water partition coefficient (Wildman–Crippen LogP) is 6.12. The van der Waals surface area contributed by atoms with Gasteiger partial charge in [0, 0.05) is 31.1 Å². The standard InChI is InChI=1S/C26H33N3OS/c1-8-29(7)17-28-25-15-19(3)24(14-20(25)4)13-18(2)16-31-21(5)22-9-11-23(12-10-22)26(30)27-6/h9-12,14-17H,5,8,13H2,1-4,6-7H3,(H,27,30)/b18-16+,28-17?. The lowest BCUT2D eigenvalue weighted by molar-refractivity contribution is 0.0963. The van der Waals surface area contributed by atoms with Crippen molar-refractivity contribution in [1.29, 1.82) is 0 Å². The van der Waals surface area contributed by atoms with E-state index in [-0.39, 0.29) is 5.91 Å². The lowest BCUT2D eigenvalue weighted by Gasteiger charge is -2.12.